The zero-order valence-electron chi connectivity index (χ0n) is 19.7. The molecule has 35 heavy (non-hydrogen) atoms. The fourth-order valence-electron chi connectivity index (χ4n) is 6.24. The van der Waals surface area contributed by atoms with Crippen LogP contribution in [0.4, 0.5) is 0 Å². The van der Waals surface area contributed by atoms with Crippen LogP contribution in [0.5, 0.6) is 0 Å². The van der Waals surface area contributed by atoms with E-state index in [-0.39, 0.29) is 31.3 Å². The minimum Gasteiger partial charge on any atom is -0.481 e. The van der Waals surface area contributed by atoms with Gasteiger partial charge < -0.3 is 29.5 Å². The molecule has 0 aromatic rings. The van der Waals surface area contributed by atoms with Crippen molar-refractivity contribution in [3.63, 3.8) is 0 Å². The number of aliphatic hydroxyl groups excluding tert-OH is 2. The number of hydrogen-bond acceptors (Lipinski definition) is 9. The number of cyclic esters (lactones) is 3. The Balaban J connectivity index is 1.70. The van der Waals surface area contributed by atoms with Crippen LogP contribution in [0.25, 0.3) is 0 Å². The molecule has 1 aliphatic carbocycles. The third-order valence-corrected chi connectivity index (χ3v) is 7.90. The fourth-order valence-corrected chi connectivity index (χ4v) is 6.24. The van der Waals surface area contributed by atoms with Crippen LogP contribution in [0.1, 0.15) is 64.7 Å². The van der Waals surface area contributed by atoms with Crippen LogP contribution in [-0.4, -0.2) is 63.8 Å². The predicted octanol–water partition coefficient (Wildman–Crippen LogP) is 1.77. The Hall–Kier alpha value is -2.72. The molecule has 4 aliphatic rings. The molecular weight excluding hydrogens is 460 g/mol. The zero-order chi connectivity index (χ0) is 25.4. The minimum atomic E-state index is -2.06. The molecule has 0 aromatic heterocycles. The van der Waals surface area contributed by atoms with E-state index in [4.69, 9.17) is 14.2 Å². The van der Waals surface area contributed by atoms with Crippen molar-refractivity contribution >= 4 is 23.9 Å². The number of esters is 3. The average Bonchev–Trinajstić information content (AvgIpc) is 3.44. The highest BCUT2D eigenvalue weighted by molar-refractivity contribution is 6.03. The van der Waals surface area contributed by atoms with Crippen molar-refractivity contribution in [2.24, 2.45) is 16.7 Å². The number of carbonyl (C=O) groups is 4. The number of hydrogen-bond donors (Lipinski definition) is 3. The first-order chi connectivity index (χ1) is 16.6. The Morgan fingerprint density at radius 1 is 1.11 bits per heavy atom. The normalized spacial score (nSPS) is 37.2. The van der Waals surface area contributed by atoms with Gasteiger partial charge >= 0.3 is 23.9 Å². The number of aliphatic carboxylic acids is 1. The minimum absolute atomic E-state index is 0.147. The van der Waals surface area contributed by atoms with Crippen LogP contribution < -0.4 is 0 Å². The molecule has 0 bridgehead atoms. The van der Waals surface area contributed by atoms with Gasteiger partial charge in [0.15, 0.2) is 0 Å². The highest BCUT2D eigenvalue weighted by Gasteiger charge is 2.74. The molecule has 0 unspecified atom stereocenters. The molecule has 1 saturated carbocycles. The Morgan fingerprint density at radius 2 is 1.89 bits per heavy atom. The molecule has 0 radical (unpaired) electrons. The molecule has 2 fully saturated rings. The number of carboxylic acid groups (broad SMARTS) is 1. The van der Waals surface area contributed by atoms with E-state index in [1.165, 1.54) is 12.2 Å². The number of carbonyl (C=O) groups excluding carboxylic acids is 3. The Labute approximate surface area is 202 Å². The molecular formula is C25H32O10. The summed E-state index contributed by atoms with van der Waals surface area (Å²) in [5.41, 5.74) is -3.98. The number of unbranched alkanes of at least 4 members (excludes halogenated alkanes) is 3. The molecule has 3 heterocycles. The van der Waals surface area contributed by atoms with Gasteiger partial charge in [0.05, 0.1) is 17.1 Å². The summed E-state index contributed by atoms with van der Waals surface area (Å²) in [6.45, 7) is 2.08. The second-order valence-corrected chi connectivity index (χ2v) is 10.0. The smallest absolute Gasteiger partial charge is 0.335 e. The predicted molar refractivity (Wildman–Crippen MR) is 118 cm³/mol. The lowest BCUT2D eigenvalue weighted by atomic mass is 9.60. The topological polar surface area (TPSA) is 157 Å². The summed E-state index contributed by atoms with van der Waals surface area (Å²) in [5.74, 6) is -4.60. The SMILES string of the molecule is CCCCCC[C@H]1C=C([C@]2(C(=O)O)C[C@@H]([C@H](O)[C@@H]3CC=CC(=O)O3)C[C@]23C[C@@H](O)OC3=O)C(=O)O1. The summed E-state index contributed by atoms with van der Waals surface area (Å²) >= 11 is 0. The van der Waals surface area contributed by atoms with Gasteiger partial charge in [-0.05, 0) is 37.7 Å². The van der Waals surface area contributed by atoms with Gasteiger partial charge in [-0.1, -0.05) is 32.3 Å². The first-order valence-corrected chi connectivity index (χ1v) is 12.3. The monoisotopic (exact) mass is 492 g/mol. The largest absolute Gasteiger partial charge is 0.481 e. The second kappa shape index (κ2) is 9.73. The van der Waals surface area contributed by atoms with E-state index in [2.05, 4.69) is 6.92 Å². The van der Waals surface area contributed by atoms with Crippen molar-refractivity contribution in [3.8, 4) is 0 Å². The number of aliphatic hydroxyl groups is 2. The highest BCUT2D eigenvalue weighted by Crippen LogP contribution is 2.65. The second-order valence-electron chi connectivity index (χ2n) is 10.0. The van der Waals surface area contributed by atoms with E-state index < -0.39 is 65.2 Å². The maximum atomic E-state index is 13.1. The Kier molecular flexibility index (Phi) is 7.06. The fraction of sp³-hybridized carbons (Fsp3) is 0.680. The molecule has 1 spiro atoms. The Morgan fingerprint density at radius 3 is 2.51 bits per heavy atom. The highest BCUT2D eigenvalue weighted by atomic mass is 16.6. The molecule has 3 N–H and O–H groups in total. The van der Waals surface area contributed by atoms with Crippen LogP contribution in [0, 0.1) is 16.7 Å². The molecule has 7 atom stereocenters. The number of ether oxygens (including phenoxy) is 3. The van der Waals surface area contributed by atoms with Gasteiger partial charge in [-0.3, -0.25) is 9.59 Å². The summed E-state index contributed by atoms with van der Waals surface area (Å²) in [5, 5.41) is 31.8. The van der Waals surface area contributed by atoms with Crippen molar-refractivity contribution in [2.75, 3.05) is 0 Å². The third kappa shape index (κ3) is 4.27. The molecule has 0 aromatic carbocycles. The van der Waals surface area contributed by atoms with Crippen LogP contribution in [0.15, 0.2) is 23.8 Å². The average molecular weight is 493 g/mol. The maximum Gasteiger partial charge on any atom is 0.335 e. The summed E-state index contributed by atoms with van der Waals surface area (Å²) in [4.78, 5) is 50.8. The van der Waals surface area contributed by atoms with Gasteiger partial charge in [0.25, 0.3) is 0 Å². The lowest BCUT2D eigenvalue weighted by Gasteiger charge is -2.36. The van der Waals surface area contributed by atoms with Crippen molar-refractivity contribution < 1.29 is 48.7 Å². The van der Waals surface area contributed by atoms with Crippen molar-refractivity contribution in [1.82, 2.24) is 0 Å². The van der Waals surface area contributed by atoms with Gasteiger partial charge in [-0.25, -0.2) is 9.59 Å². The summed E-state index contributed by atoms with van der Waals surface area (Å²) in [6.07, 6.45) is 3.75. The van der Waals surface area contributed by atoms with Crippen molar-refractivity contribution in [2.45, 2.75) is 89.3 Å². The van der Waals surface area contributed by atoms with Crippen LogP contribution in [0.3, 0.4) is 0 Å². The molecule has 3 aliphatic heterocycles. The lowest BCUT2D eigenvalue weighted by Crippen LogP contribution is -2.49. The molecule has 0 amide bonds. The number of carboxylic acids is 1. The quantitative estimate of drug-likeness (QED) is 0.246. The summed E-state index contributed by atoms with van der Waals surface area (Å²) < 4.78 is 15.7. The van der Waals surface area contributed by atoms with E-state index in [9.17, 15) is 34.5 Å². The molecule has 4 rings (SSSR count). The van der Waals surface area contributed by atoms with E-state index >= 15 is 0 Å². The molecule has 1 saturated heterocycles. The zero-order valence-corrected chi connectivity index (χ0v) is 19.7. The van der Waals surface area contributed by atoms with Crippen molar-refractivity contribution in [1.29, 1.82) is 0 Å². The van der Waals surface area contributed by atoms with Gasteiger partial charge in [0, 0.05) is 18.9 Å². The van der Waals surface area contributed by atoms with E-state index in [1.54, 1.807) is 6.08 Å². The van der Waals surface area contributed by atoms with E-state index in [0.717, 1.165) is 25.7 Å². The third-order valence-electron chi connectivity index (χ3n) is 7.90. The standard InChI is InChI=1S/C25H32O10/c1-2-3-4-5-7-15-10-16(21(29)33-15)25(22(30)31)12-14(11-24(25)13-19(27)35-23(24)32)20(28)17-8-6-9-18(26)34-17/h6,9-10,14-15,17,19-20,27-28H,2-5,7-8,11-13H2,1H3,(H,30,31)/t14-,15-,17-,19-,20-,24+,25-/m0/s1. The van der Waals surface area contributed by atoms with Gasteiger partial charge in [0.2, 0.25) is 6.29 Å². The van der Waals surface area contributed by atoms with Gasteiger partial charge in [-0.2, -0.15) is 0 Å². The van der Waals surface area contributed by atoms with E-state index in [0.29, 0.717) is 6.42 Å². The maximum absolute atomic E-state index is 13.1. The van der Waals surface area contributed by atoms with Gasteiger partial charge in [0.1, 0.15) is 17.6 Å². The summed E-state index contributed by atoms with van der Waals surface area (Å²) in [6, 6.07) is 0. The van der Waals surface area contributed by atoms with Gasteiger partial charge in [-0.15, -0.1) is 0 Å². The van der Waals surface area contributed by atoms with Crippen LogP contribution >= 0.6 is 0 Å². The van der Waals surface area contributed by atoms with E-state index in [1.807, 2.05) is 0 Å². The van der Waals surface area contributed by atoms with Crippen LogP contribution in [-0.2, 0) is 33.4 Å². The lowest BCUT2D eigenvalue weighted by molar-refractivity contribution is -0.168. The first-order valence-electron chi connectivity index (χ1n) is 12.3. The number of rotatable bonds is 9. The Bertz CT molecular complexity index is 954. The molecule has 192 valence electrons. The molecule has 10 heteroatoms. The van der Waals surface area contributed by atoms with Crippen molar-refractivity contribution in [3.05, 3.63) is 23.8 Å². The summed E-state index contributed by atoms with van der Waals surface area (Å²) in [7, 11) is 0. The van der Waals surface area contributed by atoms with Crippen LogP contribution in [0.2, 0.25) is 0 Å². The molecule has 10 nitrogen and oxygen atoms in total. The first kappa shape index (κ1) is 25.4.